The molecule has 2 aliphatic rings. The van der Waals surface area contributed by atoms with Gasteiger partial charge in [-0.1, -0.05) is 36.4 Å². The molecule has 2 amide bonds. The minimum absolute atomic E-state index is 0.00490. The lowest BCUT2D eigenvalue weighted by Crippen LogP contribution is -2.53. The van der Waals surface area contributed by atoms with E-state index < -0.39 is 5.82 Å². The Balaban J connectivity index is 1.41. The molecule has 0 radical (unpaired) electrons. The second-order valence-corrected chi connectivity index (χ2v) is 8.79. The topological polar surface area (TPSA) is 40.6 Å². The van der Waals surface area contributed by atoms with Gasteiger partial charge in [-0.25, -0.2) is 4.39 Å². The lowest BCUT2D eigenvalue weighted by Gasteiger charge is -2.44. The molecule has 0 bridgehead atoms. The Kier molecular flexibility index (Phi) is 5.72. The lowest BCUT2D eigenvalue weighted by molar-refractivity contribution is -0.127. The Labute approximate surface area is 174 Å². The van der Waals surface area contributed by atoms with E-state index in [-0.39, 0.29) is 16.7 Å². The molecule has 2 saturated heterocycles. The van der Waals surface area contributed by atoms with Gasteiger partial charge in [-0.2, -0.15) is 0 Å². The zero-order valence-corrected chi connectivity index (χ0v) is 16.9. The van der Waals surface area contributed by atoms with Crippen LogP contribution in [0.4, 0.5) is 4.39 Å². The molecule has 150 valence electrons. The predicted molar refractivity (Wildman–Crippen MR) is 114 cm³/mol. The van der Waals surface area contributed by atoms with Gasteiger partial charge in [0, 0.05) is 37.0 Å². The smallest absolute Gasteiger partial charge is 0.255 e. The maximum Gasteiger partial charge on any atom is 0.255 e. The van der Waals surface area contributed by atoms with Crippen molar-refractivity contribution in [3.05, 3.63) is 77.6 Å². The van der Waals surface area contributed by atoms with Crippen molar-refractivity contribution in [3.63, 3.8) is 0 Å². The summed E-state index contributed by atoms with van der Waals surface area (Å²) < 4.78 is 13.6. The number of piperidine rings is 1. The molecule has 6 heteroatoms. The van der Waals surface area contributed by atoms with E-state index in [1.807, 2.05) is 46.2 Å². The van der Waals surface area contributed by atoms with Crippen LogP contribution in [-0.2, 0) is 4.79 Å². The fraction of sp³-hybridized carbons (Fsp3) is 0.304. The summed E-state index contributed by atoms with van der Waals surface area (Å²) in [6, 6.07) is 15.6. The number of thioether (sulfide) groups is 1. The normalized spacial score (nSPS) is 18.5. The highest BCUT2D eigenvalue weighted by atomic mass is 32.2. The van der Waals surface area contributed by atoms with Crippen LogP contribution in [0.5, 0.6) is 0 Å². The van der Waals surface area contributed by atoms with E-state index in [1.54, 1.807) is 30.0 Å². The Bertz CT molecular complexity index is 923. The SMILES string of the molecule is O=C(/C=C/c1ccccc1)N1CCC2(CC1)SCCN2C(=O)c1cccc(F)c1. The summed E-state index contributed by atoms with van der Waals surface area (Å²) in [4.78, 5) is 29.0. The number of hydrogen-bond acceptors (Lipinski definition) is 3. The highest BCUT2D eigenvalue weighted by Crippen LogP contribution is 2.44. The van der Waals surface area contributed by atoms with Gasteiger partial charge in [0.1, 0.15) is 5.82 Å². The molecule has 4 rings (SSSR count). The molecular formula is C23H23FN2O2S. The number of rotatable bonds is 3. The van der Waals surface area contributed by atoms with E-state index in [4.69, 9.17) is 0 Å². The standard InChI is InChI=1S/C23H23FN2O2S/c24-20-8-4-7-19(17-20)22(28)26-15-16-29-23(26)11-13-25(14-12-23)21(27)10-9-18-5-2-1-3-6-18/h1-10,17H,11-16H2/b10-9+. The number of carbonyl (C=O) groups excluding carboxylic acids is 2. The first kappa shape index (κ1) is 19.7. The van der Waals surface area contributed by atoms with Crippen molar-refractivity contribution in [1.82, 2.24) is 9.80 Å². The van der Waals surface area contributed by atoms with Crippen molar-refractivity contribution in [3.8, 4) is 0 Å². The molecule has 0 N–H and O–H groups in total. The Morgan fingerprint density at radius 2 is 1.76 bits per heavy atom. The van der Waals surface area contributed by atoms with Gasteiger partial charge in [-0.15, -0.1) is 11.8 Å². The summed E-state index contributed by atoms with van der Waals surface area (Å²) in [6.07, 6.45) is 4.90. The Morgan fingerprint density at radius 3 is 2.48 bits per heavy atom. The molecule has 0 aliphatic carbocycles. The van der Waals surface area contributed by atoms with Gasteiger partial charge in [0.25, 0.3) is 5.91 Å². The number of benzene rings is 2. The highest BCUT2D eigenvalue weighted by Gasteiger charge is 2.46. The summed E-state index contributed by atoms with van der Waals surface area (Å²) in [5.41, 5.74) is 1.38. The van der Waals surface area contributed by atoms with Crippen LogP contribution in [0.25, 0.3) is 6.08 Å². The van der Waals surface area contributed by atoms with E-state index in [0.717, 1.165) is 24.2 Å². The average molecular weight is 411 g/mol. The first-order valence-corrected chi connectivity index (χ1v) is 10.8. The number of amides is 2. The van der Waals surface area contributed by atoms with Crippen LogP contribution in [-0.4, -0.2) is 51.9 Å². The Morgan fingerprint density at radius 1 is 1.00 bits per heavy atom. The third-order valence-electron chi connectivity index (χ3n) is 5.57. The zero-order chi connectivity index (χ0) is 20.3. The van der Waals surface area contributed by atoms with Crippen molar-refractivity contribution < 1.29 is 14.0 Å². The second kappa shape index (κ2) is 8.41. The molecule has 2 aromatic carbocycles. The first-order valence-electron chi connectivity index (χ1n) is 9.81. The van der Waals surface area contributed by atoms with E-state index in [0.29, 0.717) is 25.2 Å². The van der Waals surface area contributed by atoms with E-state index >= 15 is 0 Å². The molecular weight excluding hydrogens is 387 g/mol. The second-order valence-electron chi connectivity index (χ2n) is 7.33. The van der Waals surface area contributed by atoms with Crippen molar-refractivity contribution in [2.24, 2.45) is 0 Å². The predicted octanol–water partition coefficient (Wildman–Crippen LogP) is 4.05. The molecule has 0 unspecified atom stereocenters. The number of carbonyl (C=O) groups is 2. The molecule has 0 atom stereocenters. The fourth-order valence-corrected chi connectivity index (χ4v) is 5.46. The summed E-state index contributed by atoms with van der Waals surface area (Å²) >= 11 is 1.78. The van der Waals surface area contributed by atoms with Crippen molar-refractivity contribution in [2.75, 3.05) is 25.4 Å². The van der Waals surface area contributed by atoms with Gasteiger partial charge < -0.3 is 9.80 Å². The van der Waals surface area contributed by atoms with Crippen LogP contribution in [0.3, 0.4) is 0 Å². The number of halogens is 1. The molecule has 2 aliphatic heterocycles. The quantitative estimate of drug-likeness (QED) is 0.717. The largest absolute Gasteiger partial charge is 0.339 e. The highest BCUT2D eigenvalue weighted by molar-refractivity contribution is 8.00. The summed E-state index contributed by atoms with van der Waals surface area (Å²) in [6.45, 7) is 1.87. The molecule has 4 nitrogen and oxygen atoms in total. The zero-order valence-electron chi connectivity index (χ0n) is 16.1. The molecule has 2 heterocycles. The minimum Gasteiger partial charge on any atom is -0.339 e. The summed E-state index contributed by atoms with van der Waals surface area (Å²) in [5, 5.41) is 0. The fourth-order valence-electron chi connectivity index (χ4n) is 4.00. The molecule has 0 aromatic heterocycles. The van der Waals surface area contributed by atoms with Gasteiger partial charge in [0.2, 0.25) is 5.91 Å². The maximum atomic E-state index is 13.6. The van der Waals surface area contributed by atoms with Crippen LogP contribution < -0.4 is 0 Å². The van der Waals surface area contributed by atoms with Crippen molar-refractivity contribution >= 4 is 29.7 Å². The van der Waals surface area contributed by atoms with Gasteiger partial charge in [-0.05, 0) is 42.7 Å². The van der Waals surface area contributed by atoms with E-state index in [9.17, 15) is 14.0 Å². The average Bonchev–Trinajstić information content (AvgIpc) is 3.15. The summed E-state index contributed by atoms with van der Waals surface area (Å²) in [5.74, 6) is 0.332. The molecule has 2 fully saturated rings. The van der Waals surface area contributed by atoms with E-state index in [2.05, 4.69) is 0 Å². The minimum atomic E-state index is -0.401. The maximum absolute atomic E-state index is 13.6. The van der Waals surface area contributed by atoms with Gasteiger partial charge in [0.15, 0.2) is 0 Å². The van der Waals surface area contributed by atoms with Crippen molar-refractivity contribution in [2.45, 2.75) is 17.7 Å². The summed E-state index contributed by atoms with van der Waals surface area (Å²) in [7, 11) is 0. The molecule has 29 heavy (non-hydrogen) atoms. The first-order chi connectivity index (χ1) is 14.1. The Hall–Kier alpha value is -2.60. The molecule has 1 spiro atoms. The van der Waals surface area contributed by atoms with E-state index in [1.165, 1.54) is 12.1 Å². The molecule has 2 aromatic rings. The lowest BCUT2D eigenvalue weighted by atomic mass is 10.0. The number of hydrogen-bond donors (Lipinski definition) is 0. The van der Waals surface area contributed by atoms with Gasteiger partial charge in [-0.3, -0.25) is 9.59 Å². The number of nitrogens with zero attached hydrogens (tertiary/aromatic N) is 2. The van der Waals surface area contributed by atoms with Gasteiger partial charge >= 0.3 is 0 Å². The van der Waals surface area contributed by atoms with Crippen molar-refractivity contribution in [1.29, 1.82) is 0 Å². The van der Waals surface area contributed by atoms with Gasteiger partial charge in [0.05, 0.1) is 4.87 Å². The van der Waals surface area contributed by atoms with Crippen LogP contribution in [0.15, 0.2) is 60.7 Å². The van der Waals surface area contributed by atoms with Crippen LogP contribution in [0.2, 0.25) is 0 Å². The molecule has 0 saturated carbocycles. The van der Waals surface area contributed by atoms with Crippen LogP contribution in [0.1, 0.15) is 28.8 Å². The monoisotopic (exact) mass is 410 g/mol. The van der Waals surface area contributed by atoms with Crippen LogP contribution in [0, 0.1) is 5.82 Å². The van der Waals surface area contributed by atoms with Crippen LogP contribution >= 0.6 is 11.8 Å². The number of likely N-dealkylation sites (tertiary alicyclic amines) is 1. The third-order valence-corrected chi connectivity index (χ3v) is 7.12. The third kappa shape index (κ3) is 4.22.